The number of hydrogen-bond acceptors (Lipinski definition) is 9. The first-order chi connectivity index (χ1) is 21.8. The maximum Gasteiger partial charge on any atom is 0.305 e. The third-order valence-electron chi connectivity index (χ3n) is 7.79. The summed E-state index contributed by atoms with van der Waals surface area (Å²) in [6, 6.07) is 25.5. The molecular weight excluding hydrogens is 617 g/mol. The van der Waals surface area contributed by atoms with E-state index in [-0.39, 0.29) is 28.8 Å². The number of benzene rings is 4. The Hall–Kier alpha value is -5.27. The van der Waals surface area contributed by atoms with Crippen molar-refractivity contribution in [3.63, 3.8) is 0 Å². The Labute approximate surface area is 263 Å². The monoisotopic (exact) mass is 638 g/mol. The van der Waals surface area contributed by atoms with Gasteiger partial charge in [0.25, 0.3) is 11.6 Å². The van der Waals surface area contributed by atoms with E-state index in [2.05, 4.69) is 10.3 Å². The minimum Gasteiger partial charge on any atom is -0.484 e. The van der Waals surface area contributed by atoms with E-state index in [0.717, 1.165) is 38.8 Å². The maximum atomic E-state index is 13.9. The van der Waals surface area contributed by atoms with E-state index in [1.165, 1.54) is 24.3 Å². The SMILES string of the molecule is O=C(COc1cccc([C@H]2c3sc(=O)[nH]c3SC3C(=O)N(c4ccc([N+](=O)[O-])cc4)C(=O)C32)c1)Nc1cccc2ccccc12. The number of aromatic amines is 1. The fourth-order valence-electron chi connectivity index (χ4n) is 5.82. The summed E-state index contributed by atoms with van der Waals surface area (Å²) in [5, 5.41) is 15.6. The van der Waals surface area contributed by atoms with Crippen LogP contribution in [0.1, 0.15) is 16.4 Å². The number of carbonyl (C=O) groups is 3. The number of nitro groups is 1. The van der Waals surface area contributed by atoms with E-state index in [9.17, 15) is 29.3 Å². The van der Waals surface area contributed by atoms with Gasteiger partial charge in [-0.1, -0.05) is 71.6 Å². The summed E-state index contributed by atoms with van der Waals surface area (Å²) in [5.74, 6) is -2.41. The summed E-state index contributed by atoms with van der Waals surface area (Å²) in [5.41, 5.74) is 1.37. The third kappa shape index (κ3) is 5.15. The molecule has 5 aromatic rings. The number of nitrogens with one attached hydrogen (secondary N) is 2. The number of amides is 3. The van der Waals surface area contributed by atoms with Gasteiger partial charge in [0.1, 0.15) is 11.0 Å². The molecule has 1 aromatic heterocycles. The fraction of sp³-hybridized carbons (Fsp3) is 0.125. The summed E-state index contributed by atoms with van der Waals surface area (Å²) in [6.45, 7) is -0.271. The number of imide groups is 1. The molecule has 224 valence electrons. The van der Waals surface area contributed by atoms with Gasteiger partial charge in [0.05, 0.1) is 21.6 Å². The number of ether oxygens (including phenoxy) is 1. The summed E-state index contributed by atoms with van der Waals surface area (Å²) in [4.78, 5) is 67.6. The molecule has 4 aromatic carbocycles. The molecule has 0 bridgehead atoms. The first-order valence-corrected chi connectivity index (χ1v) is 15.5. The van der Waals surface area contributed by atoms with Crippen molar-refractivity contribution in [2.75, 3.05) is 16.8 Å². The second-order valence-electron chi connectivity index (χ2n) is 10.5. The number of nitrogens with zero attached hydrogens (tertiary/aromatic N) is 2. The van der Waals surface area contributed by atoms with Crippen LogP contribution >= 0.6 is 23.1 Å². The second kappa shape index (κ2) is 11.3. The summed E-state index contributed by atoms with van der Waals surface area (Å²) < 4.78 is 5.86. The lowest BCUT2D eigenvalue weighted by molar-refractivity contribution is -0.384. The largest absolute Gasteiger partial charge is 0.484 e. The third-order valence-corrected chi connectivity index (χ3v) is 10.2. The van der Waals surface area contributed by atoms with Crippen LogP contribution < -0.4 is 19.8 Å². The number of carbonyl (C=O) groups excluding carboxylic acids is 3. The Morgan fingerprint density at radius 3 is 2.51 bits per heavy atom. The standard InChI is InChI=1S/C32H22N4O7S2/c37-24(33-23-10-4-6-17-5-1-2-9-22(17)23)16-43-21-8-3-7-18(15-21)25-26-28(44-29-27(25)45-32(40)34-29)31(39)35(30(26)38)19-11-13-20(14-12-19)36(41)42/h1-15,25-26,28H,16H2,(H,33,37)(H,34,40)/t25-,26?,28?/m1/s1. The van der Waals surface area contributed by atoms with Crippen molar-refractivity contribution in [2.24, 2.45) is 5.92 Å². The molecule has 11 nitrogen and oxygen atoms in total. The highest BCUT2D eigenvalue weighted by atomic mass is 32.2. The van der Waals surface area contributed by atoms with Gasteiger partial charge in [-0.3, -0.25) is 29.3 Å². The van der Waals surface area contributed by atoms with Crippen molar-refractivity contribution < 1.29 is 24.0 Å². The van der Waals surface area contributed by atoms with Crippen LogP contribution in [0.5, 0.6) is 5.75 Å². The first-order valence-electron chi connectivity index (χ1n) is 13.8. The lowest BCUT2D eigenvalue weighted by Gasteiger charge is -2.30. The second-order valence-corrected chi connectivity index (χ2v) is 12.6. The summed E-state index contributed by atoms with van der Waals surface area (Å²) in [6.07, 6.45) is 0. The zero-order chi connectivity index (χ0) is 31.2. The molecule has 1 saturated heterocycles. The minimum absolute atomic E-state index is 0.162. The van der Waals surface area contributed by atoms with Crippen LogP contribution in [0, 0.1) is 16.0 Å². The molecule has 2 unspecified atom stereocenters. The Morgan fingerprint density at radius 2 is 1.71 bits per heavy atom. The molecule has 3 amide bonds. The van der Waals surface area contributed by atoms with E-state index in [4.69, 9.17) is 4.74 Å². The molecule has 0 spiro atoms. The quantitative estimate of drug-likeness (QED) is 0.138. The molecule has 1 fully saturated rings. The molecule has 13 heteroatoms. The molecule has 7 rings (SSSR count). The number of aromatic nitrogens is 1. The van der Waals surface area contributed by atoms with Crippen molar-refractivity contribution >= 4 is 68.7 Å². The number of H-pyrrole nitrogens is 1. The lowest BCUT2D eigenvalue weighted by atomic mass is 9.83. The average Bonchev–Trinajstić information content (AvgIpc) is 3.54. The maximum absolute atomic E-state index is 13.9. The van der Waals surface area contributed by atoms with Crippen LogP contribution in [0.3, 0.4) is 0 Å². The molecule has 2 aliphatic heterocycles. The number of rotatable bonds is 7. The van der Waals surface area contributed by atoms with Gasteiger partial charge in [-0.15, -0.1) is 0 Å². The molecule has 45 heavy (non-hydrogen) atoms. The number of fused-ring (bicyclic) bond motifs is 3. The number of nitro benzene ring substituents is 1. The first kappa shape index (κ1) is 28.5. The molecule has 3 heterocycles. The average molecular weight is 639 g/mol. The number of thioether (sulfide) groups is 1. The summed E-state index contributed by atoms with van der Waals surface area (Å²) >= 11 is 2.12. The Kier molecular flexibility index (Phi) is 7.18. The van der Waals surface area contributed by atoms with Crippen LogP contribution in [0.25, 0.3) is 10.8 Å². The van der Waals surface area contributed by atoms with Gasteiger partial charge in [-0.2, -0.15) is 0 Å². The molecule has 0 saturated carbocycles. The number of anilines is 2. The minimum atomic E-state index is -0.846. The lowest BCUT2D eigenvalue weighted by Crippen LogP contribution is -2.32. The molecule has 2 N–H and O–H groups in total. The molecule has 0 aliphatic carbocycles. The van der Waals surface area contributed by atoms with Gasteiger partial charge >= 0.3 is 4.87 Å². The van der Waals surface area contributed by atoms with Gasteiger partial charge in [-0.25, -0.2) is 4.90 Å². The van der Waals surface area contributed by atoms with E-state index in [1.807, 2.05) is 42.5 Å². The Morgan fingerprint density at radius 1 is 0.956 bits per heavy atom. The molecule has 3 atom stereocenters. The molecule has 0 radical (unpaired) electrons. The fourth-order valence-corrected chi connectivity index (χ4v) is 8.34. The predicted octanol–water partition coefficient (Wildman–Crippen LogP) is 5.31. The highest BCUT2D eigenvalue weighted by Crippen LogP contribution is 2.53. The van der Waals surface area contributed by atoms with Crippen molar-refractivity contribution in [3.8, 4) is 5.75 Å². The molecular formula is C32H22N4O7S2. The van der Waals surface area contributed by atoms with Crippen molar-refractivity contribution in [3.05, 3.63) is 121 Å². The van der Waals surface area contributed by atoms with Crippen molar-refractivity contribution in [1.29, 1.82) is 0 Å². The highest BCUT2D eigenvalue weighted by Gasteiger charge is 2.56. The zero-order valence-electron chi connectivity index (χ0n) is 23.2. The van der Waals surface area contributed by atoms with E-state index >= 15 is 0 Å². The summed E-state index contributed by atoms with van der Waals surface area (Å²) in [7, 11) is 0. The van der Waals surface area contributed by atoms with Gasteiger partial charge in [0.2, 0.25) is 11.8 Å². The smallest absolute Gasteiger partial charge is 0.305 e. The van der Waals surface area contributed by atoms with E-state index in [1.54, 1.807) is 24.3 Å². The van der Waals surface area contributed by atoms with Gasteiger partial charge in [0, 0.05) is 34.0 Å². The van der Waals surface area contributed by atoms with Crippen LogP contribution in [-0.4, -0.2) is 39.5 Å². The van der Waals surface area contributed by atoms with Gasteiger partial charge in [-0.05, 0) is 41.3 Å². The van der Waals surface area contributed by atoms with Crippen molar-refractivity contribution in [2.45, 2.75) is 16.2 Å². The zero-order valence-corrected chi connectivity index (χ0v) is 24.8. The number of thiazole rings is 1. The topological polar surface area (TPSA) is 152 Å². The highest BCUT2D eigenvalue weighted by molar-refractivity contribution is 8.00. The van der Waals surface area contributed by atoms with Crippen LogP contribution in [0.2, 0.25) is 0 Å². The van der Waals surface area contributed by atoms with Crippen molar-refractivity contribution in [1.82, 2.24) is 4.98 Å². The van der Waals surface area contributed by atoms with E-state index in [0.29, 0.717) is 26.9 Å². The molecule has 2 aliphatic rings. The number of hydrogen-bond donors (Lipinski definition) is 2. The van der Waals surface area contributed by atoms with Crippen LogP contribution in [0.4, 0.5) is 17.1 Å². The number of non-ortho nitro benzene ring substituents is 1. The Bertz CT molecular complexity index is 2070. The normalized spacial score (nSPS) is 18.8. The van der Waals surface area contributed by atoms with Gasteiger partial charge in [0.15, 0.2) is 6.61 Å². The Balaban J connectivity index is 1.16. The van der Waals surface area contributed by atoms with E-state index < -0.39 is 33.8 Å². The van der Waals surface area contributed by atoms with Gasteiger partial charge < -0.3 is 15.0 Å². The van der Waals surface area contributed by atoms with Crippen LogP contribution in [-0.2, 0) is 14.4 Å². The predicted molar refractivity (Wildman–Crippen MR) is 170 cm³/mol. The van der Waals surface area contributed by atoms with Crippen LogP contribution in [0.15, 0.2) is 101 Å².